The van der Waals surface area contributed by atoms with Gasteiger partial charge in [0, 0.05) is 18.8 Å². The number of hydrogen-bond donors (Lipinski definition) is 0. The van der Waals surface area contributed by atoms with Gasteiger partial charge in [-0.25, -0.2) is 0 Å². The van der Waals surface area contributed by atoms with Gasteiger partial charge >= 0.3 is 5.97 Å². The quantitative estimate of drug-likeness (QED) is 0.562. The molecule has 102 valence electrons. The normalized spacial score (nSPS) is 26.2. The topological polar surface area (TPSA) is 61.8 Å². The zero-order valence-corrected chi connectivity index (χ0v) is 10.8. The van der Waals surface area contributed by atoms with Crippen LogP contribution in [0.5, 0.6) is 0 Å². The molecule has 0 aromatic heterocycles. The summed E-state index contributed by atoms with van der Waals surface area (Å²) >= 11 is 0. The molecule has 1 saturated heterocycles. The monoisotopic (exact) mass is 256 g/mol. The lowest BCUT2D eigenvalue weighted by molar-refractivity contribution is -0.189. The largest absolute Gasteiger partial charge is 0.466 e. The number of rotatable bonds is 4. The minimum Gasteiger partial charge on any atom is -0.466 e. The van der Waals surface area contributed by atoms with Crippen molar-refractivity contribution in [1.82, 2.24) is 0 Å². The molecular weight excluding hydrogens is 236 g/mol. The van der Waals surface area contributed by atoms with E-state index in [4.69, 9.17) is 14.2 Å². The Labute approximate surface area is 107 Å². The van der Waals surface area contributed by atoms with Crippen LogP contribution >= 0.6 is 0 Å². The lowest BCUT2D eigenvalue weighted by atomic mass is 9.81. The minimum absolute atomic E-state index is 0.0494. The van der Waals surface area contributed by atoms with Crippen molar-refractivity contribution in [3.63, 3.8) is 0 Å². The molecule has 0 aromatic carbocycles. The molecule has 2 fully saturated rings. The minimum atomic E-state index is -0.562. The summed E-state index contributed by atoms with van der Waals surface area (Å²) < 4.78 is 16.0. The van der Waals surface area contributed by atoms with Crippen molar-refractivity contribution in [1.29, 1.82) is 0 Å². The molecule has 0 amide bonds. The van der Waals surface area contributed by atoms with E-state index in [1.165, 1.54) is 0 Å². The molecule has 1 aliphatic carbocycles. The van der Waals surface area contributed by atoms with Gasteiger partial charge in [0.25, 0.3) is 0 Å². The second-order valence-electron chi connectivity index (χ2n) is 4.85. The standard InChI is InChI=1S/C13H20O5/c1-2-16-12(15)8-11(14)10-4-3-5-13(9-10)17-6-7-18-13/h10H,2-9H2,1H3. The fourth-order valence-corrected chi connectivity index (χ4v) is 2.73. The second kappa shape index (κ2) is 5.80. The van der Waals surface area contributed by atoms with Crippen molar-refractivity contribution in [2.45, 2.75) is 44.8 Å². The molecule has 5 heteroatoms. The van der Waals surface area contributed by atoms with Gasteiger partial charge in [-0.05, 0) is 19.8 Å². The molecule has 1 aliphatic heterocycles. The van der Waals surface area contributed by atoms with Gasteiger partial charge in [0.05, 0.1) is 19.8 Å². The number of ketones is 1. The van der Waals surface area contributed by atoms with E-state index in [9.17, 15) is 9.59 Å². The summed E-state index contributed by atoms with van der Waals surface area (Å²) in [6.45, 7) is 3.24. The second-order valence-corrected chi connectivity index (χ2v) is 4.85. The molecule has 1 spiro atoms. The maximum Gasteiger partial charge on any atom is 0.313 e. The van der Waals surface area contributed by atoms with Crippen LogP contribution in [0, 0.1) is 5.92 Å². The molecule has 1 saturated carbocycles. The number of carbonyl (C=O) groups is 2. The number of esters is 1. The Kier molecular flexibility index (Phi) is 4.35. The van der Waals surface area contributed by atoms with Crippen LogP contribution in [0.4, 0.5) is 0 Å². The number of Topliss-reactive ketones (excluding diaryl/α,β-unsaturated/α-hetero) is 1. The van der Waals surface area contributed by atoms with E-state index in [0.717, 1.165) is 19.3 Å². The summed E-state index contributed by atoms with van der Waals surface area (Å²) in [7, 11) is 0. The molecule has 2 aliphatic rings. The summed E-state index contributed by atoms with van der Waals surface area (Å²) in [6, 6.07) is 0. The van der Waals surface area contributed by atoms with Crippen molar-refractivity contribution in [2.75, 3.05) is 19.8 Å². The molecule has 0 bridgehead atoms. The smallest absolute Gasteiger partial charge is 0.313 e. The van der Waals surface area contributed by atoms with Crippen LogP contribution in [0.15, 0.2) is 0 Å². The van der Waals surface area contributed by atoms with E-state index in [2.05, 4.69) is 0 Å². The van der Waals surface area contributed by atoms with Crippen LogP contribution < -0.4 is 0 Å². The molecule has 5 nitrogen and oxygen atoms in total. The van der Waals surface area contributed by atoms with E-state index in [1.807, 2.05) is 0 Å². The number of ether oxygens (including phenoxy) is 3. The SMILES string of the molecule is CCOC(=O)CC(=O)C1CCCC2(C1)OCCO2. The number of carbonyl (C=O) groups excluding carboxylic acids is 2. The van der Waals surface area contributed by atoms with Crippen LogP contribution in [0.25, 0.3) is 0 Å². The van der Waals surface area contributed by atoms with Crippen LogP contribution in [-0.4, -0.2) is 37.4 Å². The van der Waals surface area contributed by atoms with Crippen molar-refractivity contribution < 1.29 is 23.8 Å². The van der Waals surface area contributed by atoms with E-state index < -0.39 is 11.8 Å². The highest BCUT2D eigenvalue weighted by Gasteiger charge is 2.43. The van der Waals surface area contributed by atoms with Crippen molar-refractivity contribution >= 4 is 11.8 Å². The van der Waals surface area contributed by atoms with Crippen LogP contribution in [0.1, 0.15) is 39.0 Å². The number of hydrogen-bond acceptors (Lipinski definition) is 5. The highest BCUT2D eigenvalue weighted by molar-refractivity contribution is 5.96. The van der Waals surface area contributed by atoms with E-state index >= 15 is 0 Å². The third-order valence-corrected chi connectivity index (χ3v) is 3.56. The summed E-state index contributed by atoms with van der Waals surface area (Å²) in [5.41, 5.74) is 0. The highest BCUT2D eigenvalue weighted by Crippen LogP contribution is 2.39. The van der Waals surface area contributed by atoms with Crippen LogP contribution in [0.3, 0.4) is 0 Å². The van der Waals surface area contributed by atoms with Gasteiger partial charge in [0.15, 0.2) is 5.79 Å². The first-order valence-electron chi connectivity index (χ1n) is 6.61. The molecular formula is C13H20O5. The van der Waals surface area contributed by atoms with E-state index in [1.54, 1.807) is 6.92 Å². The van der Waals surface area contributed by atoms with Gasteiger partial charge in [-0.1, -0.05) is 0 Å². The third kappa shape index (κ3) is 3.09. The Bertz CT molecular complexity index is 319. The zero-order chi connectivity index (χ0) is 13.0. The van der Waals surface area contributed by atoms with Crippen molar-refractivity contribution in [2.24, 2.45) is 5.92 Å². The Morgan fingerprint density at radius 1 is 1.33 bits per heavy atom. The maximum atomic E-state index is 12.0. The maximum absolute atomic E-state index is 12.0. The van der Waals surface area contributed by atoms with Gasteiger partial charge in [-0.3, -0.25) is 9.59 Å². The molecule has 1 heterocycles. The molecule has 0 N–H and O–H groups in total. The molecule has 2 rings (SSSR count). The summed E-state index contributed by atoms with van der Waals surface area (Å²) in [6.07, 6.45) is 3.00. The van der Waals surface area contributed by atoms with Gasteiger partial charge in [-0.2, -0.15) is 0 Å². The Balaban J connectivity index is 1.88. The first kappa shape index (κ1) is 13.5. The summed E-state index contributed by atoms with van der Waals surface area (Å²) in [5, 5.41) is 0. The molecule has 0 aromatic rings. The fourth-order valence-electron chi connectivity index (χ4n) is 2.73. The average Bonchev–Trinajstić information content (AvgIpc) is 2.77. The molecule has 18 heavy (non-hydrogen) atoms. The van der Waals surface area contributed by atoms with Gasteiger partial charge in [0.2, 0.25) is 0 Å². The predicted octanol–water partition coefficient (Wildman–Crippen LogP) is 1.44. The van der Waals surface area contributed by atoms with E-state index in [0.29, 0.717) is 26.2 Å². The Morgan fingerprint density at radius 3 is 2.72 bits per heavy atom. The molecule has 1 unspecified atom stereocenters. The first-order chi connectivity index (χ1) is 8.65. The summed E-state index contributed by atoms with van der Waals surface area (Å²) in [4.78, 5) is 23.3. The van der Waals surface area contributed by atoms with Gasteiger partial charge < -0.3 is 14.2 Å². The summed E-state index contributed by atoms with van der Waals surface area (Å²) in [5.74, 6) is -1.18. The van der Waals surface area contributed by atoms with Gasteiger partial charge in [0.1, 0.15) is 12.2 Å². The van der Waals surface area contributed by atoms with Crippen molar-refractivity contribution in [3.8, 4) is 0 Å². The highest BCUT2D eigenvalue weighted by atomic mass is 16.7. The van der Waals surface area contributed by atoms with E-state index in [-0.39, 0.29) is 18.1 Å². The Morgan fingerprint density at radius 2 is 2.06 bits per heavy atom. The molecule has 0 radical (unpaired) electrons. The predicted molar refractivity (Wildman–Crippen MR) is 62.9 cm³/mol. The Hall–Kier alpha value is -0.940. The van der Waals surface area contributed by atoms with Crippen LogP contribution in [-0.2, 0) is 23.8 Å². The first-order valence-corrected chi connectivity index (χ1v) is 6.61. The zero-order valence-electron chi connectivity index (χ0n) is 10.8. The average molecular weight is 256 g/mol. The van der Waals surface area contributed by atoms with Crippen LogP contribution in [0.2, 0.25) is 0 Å². The van der Waals surface area contributed by atoms with Gasteiger partial charge in [-0.15, -0.1) is 0 Å². The fraction of sp³-hybridized carbons (Fsp3) is 0.846. The van der Waals surface area contributed by atoms with Crippen molar-refractivity contribution in [3.05, 3.63) is 0 Å². The third-order valence-electron chi connectivity index (χ3n) is 3.56. The molecule has 1 atom stereocenters. The lowest BCUT2D eigenvalue weighted by Gasteiger charge is -2.35. The lowest BCUT2D eigenvalue weighted by Crippen LogP contribution is -2.39.